The molecule has 2 amide bonds. The number of hydrogen-bond donors (Lipinski definition) is 4. The van der Waals surface area contributed by atoms with E-state index in [1.807, 2.05) is 37.3 Å². The van der Waals surface area contributed by atoms with E-state index in [9.17, 15) is 9.59 Å². The SMILES string of the molecule is CC(=O)NCCNc1cc(NCCNC(=O)c2cnc(C)cn2)nc(-c2ccccc2)n1. The van der Waals surface area contributed by atoms with Gasteiger partial charge in [-0.25, -0.2) is 15.0 Å². The van der Waals surface area contributed by atoms with E-state index in [0.29, 0.717) is 43.6 Å². The molecule has 4 N–H and O–H groups in total. The van der Waals surface area contributed by atoms with E-state index >= 15 is 0 Å². The fourth-order valence-corrected chi connectivity index (χ4v) is 2.74. The predicted octanol–water partition coefficient (Wildman–Crippen LogP) is 1.63. The van der Waals surface area contributed by atoms with Gasteiger partial charge >= 0.3 is 0 Å². The summed E-state index contributed by atoms with van der Waals surface area (Å²) in [5, 5.41) is 11.9. The number of anilines is 2. The number of carbonyl (C=O) groups excluding carboxylic acids is 2. The number of aromatic nitrogens is 4. The monoisotopic (exact) mass is 434 g/mol. The number of nitrogens with one attached hydrogen (secondary N) is 4. The Balaban J connectivity index is 1.61. The van der Waals surface area contributed by atoms with Crippen LogP contribution in [0.25, 0.3) is 11.4 Å². The van der Waals surface area contributed by atoms with Crippen molar-refractivity contribution in [3.8, 4) is 11.4 Å². The molecule has 166 valence electrons. The Morgan fingerprint density at radius 1 is 0.844 bits per heavy atom. The van der Waals surface area contributed by atoms with Crippen molar-refractivity contribution < 1.29 is 9.59 Å². The van der Waals surface area contributed by atoms with Gasteiger partial charge in [0.05, 0.1) is 11.9 Å². The highest BCUT2D eigenvalue weighted by atomic mass is 16.2. The Bertz CT molecular complexity index is 1040. The standard InChI is InChI=1S/C22H26N8O2/c1-15-13-28-18(14-27-15)22(32)26-11-10-25-20-12-19(24-9-8-23-16(2)31)29-21(30-20)17-6-4-3-5-7-17/h3-7,12-14H,8-11H2,1-2H3,(H,23,31)(H,26,32)(H2,24,25,29,30). The van der Waals surface area contributed by atoms with E-state index in [2.05, 4.69) is 41.2 Å². The molecule has 0 unspecified atom stereocenters. The van der Waals surface area contributed by atoms with Gasteiger partial charge in [0.2, 0.25) is 5.91 Å². The van der Waals surface area contributed by atoms with Gasteiger partial charge in [-0.2, -0.15) is 0 Å². The molecule has 1 aromatic carbocycles. The molecule has 2 heterocycles. The number of nitrogens with zero attached hydrogens (tertiary/aromatic N) is 4. The Kier molecular flexibility index (Phi) is 8.02. The summed E-state index contributed by atoms with van der Waals surface area (Å²) in [5.74, 6) is 1.44. The molecule has 0 saturated carbocycles. The molecule has 10 nitrogen and oxygen atoms in total. The molecule has 2 aromatic heterocycles. The molecule has 0 spiro atoms. The second kappa shape index (κ2) is 11.3. The van der Waals surface area contributed by atoms with Crippen molar-refractivity contribution in [1.82, 2.24) is 30.6 Å². The molecular formula is C22H26N8O2. The highest BCUT2D eigenvalue weighted by molar-refractivity contribution is 5.91. The van der Waals surface area contributed by atoms with Crippen molar-refractivity contribution in [2.45, 2.75) is 13.8 Å². The normalized spacial score (nSPS) is 10.3. The Labute approximate surface area is 186 Å². The van der Waals surface area contributed by atoms with Crippen molar-refractivity contribution in [2.75, 3.05) is 36.8 Å². The molecule has 0 radical (unpaired) electrons. The number of rotatable bonds is 10. The van der Waals surface area contributed by atoms with Crippen LogP contribution in [0.2, 0.25) is 0 Å². The number of aryl methyl sites for hydroxylation is 1. The first-order valence-corrected chi connectivity index (χ1v) is 10.2. The van der Waals surface area contributed by atoms with Crippen LogP contribution in [0.3, 0.4) is 0 Å². The van der Waals surface area contributed by atoms with E-state index in [1.165, 1.54) is 13.1 Å². The lowest BCUT2D eigenvalue weighted by Crippen LogP contribution is -2.29. The number of benzene rings is 1. The van der Waals surface area contributed by atoms with Crippen LogP contribution < -0.4 is 21.3 Å². The van der Waals surface area contributed by atoms with Gasteiger partial charge in [0.1, 0.15) is 17.3 Å². The lowest BCUT2D eigenvalue weighted by atomic mass is 10.2. The highest BCUT2D eigenvalue weighted by Crippen LogP contribution is 2.19. The van der Waals surface area contributed by atoms with Gasteiger partial charge in [0.15, 0.2) is 5.82 Å². The minimum absolute atomic E-state index is 0.0829. The first kappa shape index (κ1) is 22.6. The molecule has 3 aromatic rings. The number of hydrogen-bond acceptors (Lipinski definition) is 8. The highest BCUT2D eigenvalue weighted by Gasteiger charge is 2.09. The zero-order valence-electron chi connectivity index (χ0n) is 18.1. The van der Waals surface area contributed by atoms with E-state index in [4.69, 9.17) is 0 Å². The van der Waals surface area contributed by atoms with Gasteiger partial charge in [-0.15, -0.1) is 0 Å². The second-order valence-corrected chi connectivity index (χ2v) is 6.96. The molecule has 0 aliphatic rings. The Morgan fingerprint density at radius 3 is 2.09 bits per heavy atom. The van der Waals surface area contributed by atoms with Gasteiger partial charge in [-0.3, -0.25) is 14.6 Å². The summed E-state index contributed by atoms with van der Waals surface area (Å²) in [6, 6.07) is 11.4. The number of carbonyl (C=O) groups is 2. The zero-order chi connectivity index (χ0) is 22.8. The van der Waals surface area contributed by atoms with Gasteiger partial charge in [-0.1, -0.05) is 30.3 Å². The molecule has 0 aliphatic heterocycles. The van der Waals surface area contributed by atoms with E-state index in [-0.39, 0.29) is 17.5 Å². The van der Waals surface area contributed by atoms with Crippen LogP contribution in [0.1, 0.15) is 23.1 Å². The van der Waals surface area contributed by atoms with E-state index in [1.54, 1.807) is 12.3 Å². The molecule has 3 rings (SSSR count). The molecule has 0 saturated heterocycles. The van der Waals surface area contributed by atoms with Crippen LogP contribution in [0, 0.1) is 6.92 Å². The quantitative estimate of drug-likeness (QED) is 0.354. The minimum Gasteiger partial charge on any atom is -0.368 e. The Hall–Kier alpha value is -4.08. The average Bonchev–Trinajstić information content (AvgIpc) is 2.80. The van der Waals surface area contributed by atoms with Crippen molar-refractivity contribution >= 4 is 23.5 Å². The largest absolute Gasteiger partial charge is 0.368 e. The van der Waals surface area contributed by atoms with Crippen molar-refractivity contribution in [3.63, 3.8) is 0 Å². The maximum atomic E-state index is 12.1. The fourth-order valence-electron chi connectivity index (χ4n) is 2.74. The van der Waals surface area contributed by atoms with Crippen molar-refractivity contribution in [2.24, 2.45) is 0 Å². The van der Waals surface area contributed by atoms with E-state index < -0.39 is 0 Å². The summed E-state index contributed by atoms with van der Waals surface area (Å²) in [6.07, 6.45) is 3.01. The summed E-state index contributed by atoms with van der Waals surface area (Å²) < 4.78 is 0. The van der Waals surface area contributed by atoms with Crippen LogP contribution in [-0.4, -0.2) is 57.9 Å². The summed E-state index contributed by atoms with van der Waals surface area (Å²) in [4.78, 5) is 40.5. The predicted molar refractivity (Wildman–Crippen MR) is 122 cm³/mol. The second-order valence-electron chi connectivity index (χ2n) is 6.96. The van der Waals surface area contributed by atoms with Gasteiger partial charge in [-0.05, 0) is 6.92 Å². The smallest absolute Gasteiger partial charge is 0.271 e. The van der Waals surface area contributed by atoms with Crippen LogP contribution in [0.5, 0.6) is 0 Å². The lowest BCUT2D eigenvalue weighted by Gasteiger charge is -2.12. The number of amides is 2. The minimum atomic E-state index is -0.285. The third-order valence-electron chi connectivity index (χ3n) is 4.29. The zero-order valence-corrected chi connectivity index (χ0v) is 18.1. The van der Waals surface area contributed by atoms with Crippen molar-refractivity contribution in [3.05, 3.63) is 60.2 Å². The molecule has 10 heteroatoms. The molecule has 0 bridgehead atoms. The third kappa shape index (κ3) is 7.01. The average molecular weight is 435 g/mol. The Morgan fingerprint density at radius 2 is 1.50 bits per heavy atom. The molecule has 0 fully saturated rings. The van der Waals surface area contributed by atoms with Crippen LogP contribution >= 0.6 is 0 Å². The van der Waals surface area contributed by atoms with Crippen molar-refractivity contribution in [1.29, 1.82) is 0 Å². The first-order valence-electron chi connectivity index (χ1n) is 10.2. The molecule has 0 aliphatic carbocycles. The van der Waals surface area contributed by atoms with Gasteiger partial charge < -0.3 is 21.3 Å². The molecular weight excluding hydrogens is 408 g/mol. The van der Waals surface area contributed by atoms with Gasteiger partial charge in [0, 0.05) is 50.9 Å². The third-order valence-corrected chi connectivity index (χ3v) is 4.29. The van der Waals surface area contributed by atoms with E-state index in [0.717, 1.165) is 11.3 Å². The lowest BCUT2D eigenvalue weighted by molar-refractivity contribution is -0.118. The summed E-state index contributed by atoms with van der Waals surface area (Å²) in [6.45, 7) is 5.14. The first-order chi connectivity index (χ1) is 15.5. The maximum absolute atomic E-state index is 12.1. The van der Waals surface area contributed by atoms with Crippen LogP contribution in [-0.2, 0) is 4.79 Å². The summed E-state index contributed by atoms with van der Waals surface area (Å²) in [5.41, 5.74) is 1.91. The maximum Gasteiger partial charge on any atom is 0.271 e. The fraction of sp³-hybridized carbons (Fsp3) is 0.273. The molecule has 0 atom stereocenters. The summed E-state index contributed by atoms with van der Waals surface area (Å²) >= 11 is 0. The van der Waals surface area contributed by atoms with Crippen LogP contribution in [0.4, 0.5) is 11.6 Å². The molecule has 32 heavy (non-hydrogen) atoms. The topological polar surface area (TPSA) is 134 Å². The van der Waals surface area contributed by atoms with Gasteiger partial charge in [0.25, 0.3) is 5.91 Å². The van der Waals surface area contributed by atoms with Crippen LogP contribution in [0.15, 0.2) is 48.8 Å². The summed E-state index contributed by atoms with van der Waals surface area (Å²) in [7, 11) is 0.